The molecule has 3 aromatic rings. The van der Waals surface area contributed by atoms with E-state index in [0.717, 1.165) is 16.8 Å². The Kier molecular flexibility index (Phi) is 3.77. The lowest BCUT2D eigenvalue weighted by atomic mass is 10.1. The van der Waals surface area contributed by atoms with E-state index in [4.69, 9.17) is 5.26 Å². The van der Waals surface area contributed by atoms with E-state index in [1.165, 1.54) is 6.20 Å². The summed E-state index contributed by atoms with van der Waals surface area (Å²) >= 11 is 0. The number of nitrogens with zero attached hydrogens (tertiary/aromatic N) is 5. The lowest BCUT2D eigenvalue weighted by molar-refractivity contribution is -0.116. The molecule has 0 aliphatic rings. The Hall–Kier alpha value is -3.20. The molecule has 2 aromatic heterocycles. The van der Waals surface area contributed by atoms with Gasteiger partial charge in [0.15, 0.2) is 5.65 Å². The zero-order valence-corrected chi connectivity index (χ0v) is 12.9. The van der Waals surface area contributed by atoms with Gasteiger partial charge in [-0.15, -0.1) is 0 Å². The van der Waals surface area contributed by atoms with E-state index in [2.05, 4.69) is 16.2 Å². The largest absolute Gasteiger partial charge is 0.313 e. The molecule has 1 amide bonds. The first kappa shape index (κ1) is 14.7. The molecule has 0 spiro atoms. The van der Waals surface area contributed by atoms with Gasteiger partial charge in [-0.2, -0.15) is 10.4 Å². The number of aromatic nitrogens is 3. The molecule has 23 heavy (non-hydrogen) atoms. The highest BCUT2D eigenvalue weighted by molar-refractivity contribution is 5.91. The minimum Gasteiger partial charge on any atom is -0.313 e. The maximum Gasteiger partial charge on any atom is 0.223 e. The van der Waals surface area contributed by atoms with Crippen molar-refractivity contribution in [1.29, 1.82) is 5.26 Å². The third kappa shape index (κ3) is 2.64. The van der Waals surface area contributed by atoms with Crippen LogP contribution in [0.5, 0.6) is 0 Å². The van der Waals surface area contributed by atoms with Crippen molar-refractivity contribution < 1.29 is 4.79 Å². The van der Waals surface area contributed by atoms with Gasteiger partial charge in [0.25, 0.3) is 0 Å². The number of fused-ring (bicyclic) bond motifs is 1. The molecule has 0 radical (unpaired) electrons. The second-order valence-electron chi connectivity index (χ2n) is 5.09. The van der Waals surface area contributed by atoms with E-state index in [1.54, 1.807) is 22.5 Å². The first-order valence-corrected chi connectivity index (χ1v) is 7.26. The normalized spacial score (nSPS) is 10.5. The predicted molar refractivity (Wildman–Crippen MR) is 86.8 cm³/mol. The summed E-state index contributed by atoms with van der Waals surface area (Å²) in [6, 6.07) is 9.77. The minimum absolute atomic E-state index is 0.0175. The molecule has 0 N–H and O–H groups in total. The highest BCUT2D eigenvalue weighted by Crippen LogP contribution is 2.23. The van der Waals surface area contributed by atoms with E-state index >= 15 is 0 Å². The highest BCUT2D eigenvalue weighted by atomic mass is 16.2. The van der Waals surface area contributed by atoms with E-state index in [0.29, 0.717) is 17.8 Å². The summed E-state index contributed by atoms with van der Waals surface area (Å²) in [5.41, 5.74) is 3.72. The Labute approximate surface area is 133 Å². The highest BCUT2D eigenvalue weighted by Gasteiger charge is 2.10. The number of amides is 1. The third-order valence-corrected chi connectivity index (χ3v) is 3.69. The Bertz CT molecular complexity index is 905. The number of carbonyl (C=O) groups is 1. The zero-order chi connectivity index (χ0) is 16.4. The number of hydrogen-bond acceptors (Lipinski definition) is 4. The first-order valence-electron chi connectivity index (χ1n) is 7.26. The maximum absolute atomic E-state index is 11.6. The second-order valence-corrected chi connectivity index (χ2v) is 5.09. The van der Waals surface area contributed by atoms with Gasteiger partial charge in [-0.3, -0.25) is 4.79 Å². The molecule has 0 aliphatic heterocycles. The fourth-order valence-corrected chi connectivity index (χ4v) is 2.52. The SMILES string of the molecule is CCN(C(C)=O)c1ccc(-c2cnc3c(C#N)cnn3c2)cc1. The number of nitriles is 1. The number of anilines is 1. The summed E-state index contributed by atoms with van der Waals surface area (Å²) in [5, 5.41) is 13.1. The molecule has 3 rings (SSSR count). The van der Waals surface area contributed by atoms with Gasteiger partial charge in [-0.05, 0) is 24.6 Å². The van der Waals surface area contributed by atoms with Crippen molar-refractivity contribution in [2.24, 2.45) is 0 Å². The van der Waals surface area contributed by atoms with Crippen molar-refractivity contribution in [3.63, 3.8) is 0 Å². The Balaban J connectivity index is 1.96. The molecule has 1 aromatic carbocycles. The number of carbonyl (C=O) groups excluding carboxylic acids is 1. The van der Waals surface area contributed by atoms with Crippen LogP contribution in [0.15, 0.2) is 42.9 Å². The summed E-state index contributed by atoms with van der Waals surface area (Å²) in [7, 11) is 0. The van der Waals surface area contributed by atoms with Crippen molar-refractivity contribution in [3.8, 4) is 17.2 Å². The van der Waals surface area contributed by atoms with Crippen molar-refractivity contribution in [3.05, 3.63) is 48.4 Å². The van der Waals surface area contributed by atoms with E-state index in [9.17, 15) is 4.79 Å². The van der Waals surface area contributed by atoms with E-state index in [1.807, 2.05) is 37.4 Å². The molecule has 6 nitrogen and oxygen atoms in total. The van der Waals surface area contributed by atoms with Gasteiger partial charge in [-0.1, -0.05) is 12.1 Å². The molecular formula is C17H15N5O. The standard InChI is InChI=1S/C17H15N5O/c1-3-21(12(2)23)16-6-4-13(5-7-16)15-9-19-17-14(8-18)10-20-22(17)11-15/h4-7,9-11H,3H2,1-2H3. The van der Waals surface area contributed by atoms with Crippen LogP contribution in [-0.4, -0.2) is 27.0 Å². The average molecular weight is 305 g/mol. The number of benzene rings is 1. The van der Waals surface area contributed by atoms with Crippen molar-refractivity contribution in [2.45, 2.75) is 13.8 Å². The van der Waals surface area contributed by atoms with Crippen LogP contribution in [0.4, 0.5) is 5.69 Å². The molecule has 0 atom stereocenters. The molecule has 0 saturated heterocycles. The van der Waals surface area contributed by atoms with Crippen LogP contribution in [0.1, 0.15) is 19.4 Å². The van der Waals surface area contributed by atoms with Gasteiger partial charge in [0, 0.05) is 37.1 Å². The quantitative estimate of drug-likeness (QED) is 0.745. The van der Waals surface area contributed by atoms with Crippen LogP contribution in [0.25, 0.3) is 16.8 Å². The molecule has 2 heterocycles. The van der Waals surface area contributed by atoms with Crippen molar-refractivity contribution in [2.75, 3.05) is 11.4 Å². The predicted octanol–water partition coefficient (Wildman–Crippen LogP) is 2.64. The van der Waals surface area contributed by atoms with Crippen molar-refractivity contribution >= 4 is 17.2 Å². The van der Waals surface area contributed by atoms with Crippen molar-refractivity contribution in [1.82, 2.24) is 14.6 Å². The monoisotopic (exact) mass is 305 g/mol. The molecule has 6 heteroatoms. The van der Waals surface area contributed by atoms with Crippen LogP contribution in [0, 0.1) is 11.3 Å². The zero-order valence-electron chi connectivity index (χ0n) is 12.9. The first-order chi connectivity index (χ1) is 11.1. The third-order valence-electron chi connectivity index (χ3n) is 3.69. The van der Waals surface area contributed by atoms with Crippen LogP contribution < -0.4 is 4.90 Å². The summed E-state index contributed by atoms with van der Waals surface area (Å²) in [6.07, 6.45) is 5.05. The molecule has 0 fully saturated rings. The average Bonchev–Trinajstić information content (AvgIpc) is 2.98. The van der Waals surface area contributed by atoms with Gasteiger partial charge in [-0.25, -0.2) is 9.50 Å². The Morgan fingerprint density at radius 3 is 2.61 bits per heavy atom. The van der Waals surface area contributed by atoms with Crippen LogP contribution in [0.2, 0.25) is 0 Å². The molecule has 0 aliphatic carbocycles. The molecule has 0 unspecified atom stereocenters. The fourth-order valence-electron chi connectivity index (χ4n) is 2.52. The number of hydrogen-bond donors (Lipinski definition) is 0. The van der Waals surface area contributed by atoms with Crippen LogP contribution in [0.3, 0.4) is 0 Å². The molecular weight excluding hydrogens is 290 g/mol. The molecule has 114 valence electrons. The summed E-state index contributed by atoms with van der Waals surface area (Å²) < 4.78 is 1.59. The van der Waals surface area contributed by atoms with Crippen LogP contribution in [-0.2, 0) is 4.79 Å². The van der Waals surface area contributed by atoms with Gasteiger partial charge >= 0.3 is 0 Å². The van der Waals surface area contributed by atoms with Gasteiger partial charge in [0.1, 0.15) is 11.6 Å². The fraction of sp³-hybridized carbons (Fsp3) is 0.176. The maximum atomic E-state index is 11.6. The molecule has 0 bridgehead atoms. The van der Waals surface area contributed by atoms with Crippen LogP contribution >= 0.6 is 0 Å². The lowest BCUT2D eigenvalue weighted by Crippen LogP contribution is -2.27. The lowest BCUT2D eigenvalue weighted by Gasteiger charge is -2.19. The summed E-state index contributed by atoms with van der Waals surface area (Å²) in [5.74, 6) is 0.0175. The van der Waals surface area contributed by atoms with Gasteiger partial charge in [0.2, 0.25) is 5.91 Å². The topological polar surface area (TPSA) is 74.3 Å². The number of rotatable bonds is 3. The Morgan fingerprint density at radius 1 is 1.26 bits per heavy atom. The Morgan fingerprint density at radius 2 is 2.00 bits per heavy atom. The van der Waals surface area contributed by atoms with Gasteiger partial charge in [0.05, 0.1) is 6.20 Å². The molecule has 0 saturated carbocycles. The minimum atomic E-state index is 0.0175. The summed E-state index contributed by atoms with van der Waals surface area (Å²) in [4.78, 5) is 17.6. The second kappa shape index (κ2) is 5.89. The van der Waals surface area contributed by atoms with E-state index in [-0.39, 0.29) is 5.91 Å². The van der Waals surface area contributed by atoms with E-state index < -0.39 is 0 Å². The smallest absolute Gasteiger partial charge is 0.223 e. The van der Waals surface area contributed by atoms with Gasteiger partial charge < -0.3 is 4.90 Å². The summed E-state index contributed by atoms with van der Waals surface area (Å²) in [6.45, 7) is 4.13.